The number of aromatic nitrogens is 2. The molecule has 2 aromatic rings. The highest BCUT2D eigenvalue weighted by atomic mass is 16.6. The molecule has 1 heterocycles. The zero-order valence-corrected chi connectivity index (χ0v) is 9.30. The lowest BCUT2D eigenvalue weighted by Crippen LogP contribution is -2.39. The van der Waals surface area contributed by atoms with Crippen LogP contribution in [0.15, 0.2) is 34.9 Å². The van der Waals surface area contributed by atoms with Gasteiger partial charge in [-0.1, -0.05) is 18.2 Å². The van der Waals surface area contributed by atoms with Gasteiger partial charge in [0, 0.05) is 18.2 Å². The normalized spacial score (nSPS) is 15.1. The summed E-state index contributed by atoms with van der Waals surface area (Å²) in [6.45, 7) is 0.502. The van der Waals surface area contributed by atoms with Crippen molar-refractivity contribution in [3.05, 3.63) is 36.0 Å². The molecule has 1 aromatic heterocycles. The third-order valence-electron chi connectivity index (χ3n) is 2.83. The molecule has 1 aliphatic carbocycles. The Labute approximate surface area is 98.6 Å². The molecule has 0 bridgehead atoms. The summed E-state index contributed by atoms with van der Waals surface area (Å²) in [5.41, 5.74) is 1.38. The van der Waals surface area contributed by atoms with Gasteiger partial charge >= 0.3 is 0 Å². The predicted molar refractivity (Wildman–Crippen MR) is 57.3 cm³/mol. The van der Waals surface area contributed by atoms with Crippen LogP contribution < -0.4 is 15.1 Å². The molecule has 1 saturated carbocycles. The Balaban J connectivity index is 1.88. The fraction of sp³-hybridized carbons (Fsp3) is 0.333. The van der Waals surface area contributed by atoms with Crippen LogP contribution in [0.3, 0.4) is 0 Å². The first kappa shape index (κ1) is 10.3. The molecule has 5 heteroatoms. The highest BCUT2D eigenvalue weighted by Gasteiger charge is 2.25. The molecular formula is C12H13N3O2. The van der Waals surface area contributed by atoms with E-state index in [0.29, 0.717) is 18.3 Å². The molecule has 5 nitrogen and oxygen atoms in total. The van der Waals surface area contributed by atoms with Gasteiger partial charge in [0.05, 0.1) is 11.8 Å². The smallest absolute Gasteiger partial charge is 0.253 e. The lowest BCUT2D eigenvalue weighted by molar-refractivity contribution is -0.677. The molecule has 0 radical (unpaired) electrons. The summed E-state index contributed by atoms with van der Waals surface area (Å²) in [5.74, 6) is -0.373. The van der Waals surface area contributed by atoms with Crippen molar-refractivity contribution in [3.8, 4) is 11.6 Å². The maximum Gasteiger partial charge on any atom is 0.253 e. The number of hydrogen-bond acceptors (Lipinski definition) is 4. The van der Waals surface area contributed by atoms with Crippen LogP contribution in [0.5, 0.6) is 5.95 Å². The van der Waals surface area contributed by atoms with E-state index in [1.807, 2.05) is 30.3 Å². The van der Waals surface area contributed by atoms with Crippen LogP contribution in [0.4, 0.5) is 0 Å². The lowest BCUT2D eigenvalue weighted by Gasteiger charge is -1.99. The molecule has 0 aliphatic heterocycles. The van der Waals surface area contributed by atoms with Crippen molar-refractivity contribution in [1.29, 1.82) is 0 Å². The monoisotopic (exact) mass is 231 g/mol. The van der Waals surface area contributed by atoms with Crippen LogP contribution >= 0.6 is 0 Å². The highest BCUT2D eigenvalue weighted by molar-refractivity contribution is 5.22. The van der Waals surface area contributed by atoms with Gasteiger partial charge in [-0.2, -0.15) is 0 Å². The summed E-state index contributed by atoms with van der Waals surface area (Å²) in [7, 11) is 0. The van der Waals surface area contributed by atoms with Crippen LogP contribution in [0.2, 0.25) is 0 Å². The minimum absolute atomic E-state index is 0.373. The highest BCUT2D eigenvalue weighted by Crippen LogP contribution is 2.20. The largest absolute Gasteiger partial charge is 0.539 e. The summed E-state index contributed by atoms with van der Waals surface area (Å²) in [4.78, 5) is 0. The van der Waals surface area contributed by atoms with Gasteiger partial charge in [0.1, 0.15) is 0 Å². The Morgan fingerprint density at radius 3 is 2.82 bits per heavy atom. The van der Waals surface area contributed by atoms with E-state index in [2.05, 4.69) is 10.6 Å². The molecule has 0 atom stereocenters. The molecule has 3 rings (SSSR count). The van der Waals surface area contributed by atoms with Crippen LogP contribution in [-0.2, 0) is 6.54 Å². The summed E-state index contributed by atoms with van der Waals surface area (Å²) in [6, 6.07) is 10.1. The average molecular weight is 231 g/mol. The van der Waals surface area contributed by atoms with E-state index in [0.717, 1.165) is 5.69 Å². The van der Waals surface area contributed by atoms with Crippen molar-refractivity contribution in [2.75, 3.05) is 0 Å². The fourth-order valence-corrected chi connectivity index (χ4v) is 1.71. The second kappa shape index (κ2) is 4.18. The van der Waals surface area contributed by atoms with Crippen LogP contribution in [-0.4, -0.2) is 11.3 Å². The van der Waals surface area contributed by atoms with Crippen molar-refractivity contribution in [1.82, 2.24) is 10.6 Å². The van der Waals surface area contributed by atoms with Crippen molar-refractivity contribution in [2.24, 2.45) is 0 Å². The molecule has 0 unspecified atom stereocenters. The van der Waals surface area contributed by atoms with Crippen molar-refractivity contribution >= 4 is 0 Å². The fourth-order valence-electron chi connectivity index (χ4n) is 1.71. The van der Waals surface area contributed by atoms with Gasteiger partial charge in [-0.15, -0.1) is 0 Å². The topological polar surface area (TPSA) is 65.0 Å². The summed E-state index contributed by atoms with van der Waals surface area (Å²) in [6.07, 6.45) is 2.37. The number of nitrogens with zero attached hydrogens (tertiary/aromatic N) is 2. The van der Waals surface area contributed by atoms with Crippen molar-refractivity contribution < 1.29 is 14.3 Å². The van der Waals surface area contributed by atoms with Gasteiger partial charge in [-0.25, -0.2) is 0 Å². The first-order chi connectivity index (χ1) is 8.34. The van der Waals surface area contributed by atoms with Gasteiger partial charge in [0.2, 0.25) is 5.69 Å². The Hall–Kier alpha value is -1.88. The van der Waals surface area contributed by atoms with E-state index >= 15 is 0 Å². The van der Waals surface area contributed by atoms with Crippen LogP contribution in [0, 0.1) is 0 Å². The minimum atomic E-state index is -0.373. The van der Waals surface area contributed by atoms with E-state index in [1.165, 1.54) is 12.8 Å². The molecule has 1 aromatic carbocycles. The number of rotatable bonds is 4. The van der Waals surface area contributed by atoms with Gasteiger partial charge < -0.3 is 14.9 Å². The zero-order chi connectivity index (χ0) is 11.7. The van der Waals surface area contributed by atoms with E-state index in [9.17, 15) is 5.11 Å². The van der Waals surface area contributed by atoms with Crippen LogP contribution in [0.1, 0.15) is 18.5 Å². The molecule has 1 N–H and O–H groups in total. The van der Waals surface area contributed by atoms with E-state index in [4.69, 9.17) is 4.52 Å². The Bertz CT molecular complexity index is 506. The molecule has 1 fully saturated rings. The van der Waals surface area contributed by atoms with Crippen LogP contribution in [0.25, 0.3) is 5.69 Å². The summed E-state index contributed by atoms with van der Waals surface area (Å²) in [5, 5.41) is 18.6. The third kappa shape index (κ3) is 2.14. The van der Waals surface area contributed by atoms with Gasteiger partial charge in [0.15, 0.2) is 5.95 Å². The van der Waals surface area contributed by atoms with Gasteiger partial charge in [-0.05, 0) is 17.5 Å². The Morgan fingerprint density at radius 2 is 2.12 bits per heavy atom. The number of nitrogens with one attached hydrogen (secondary N) is 1. The SMILES string of the molecule is [O-]c1on[n+](-c2ccccc2)c1CNC1CC1. The van der Waals surface area contributed by atoms with Gasteiger partial charge in [0.25, 0.3) is 5.69 Å². The first-order valence-corrected chi connectivity index (χ1v) is 5.71. The molecule has 0 saturated heterocycles. The van der Waals surface area contributed by atoms with E-state index in [1.54, 1.807) is 4.68 Å². The summed E-state index contributed by atoms with van der Waals surface area (Å²) < 4.78 is 6.27. The molecule has 1 aliphatic rings. The molecule has 17 heavy (non-hydrogen) atoms. The number of hydrogen-bond donors (Lipinski definition) is 1. The zero-order valence-electron chi connectivity index (χ0n) is 9.30. The van der Waals surface area contributed by atoms with E-state index < -0.39 is 0 Å². The molecule has 0 amide bonds. The molecule has 0 spiro atoms. The van der Waals surface area contributed by atoms with Gasteiger partial charge in [-0.3, -0.25) is 0 Å². The standard InChI is InChI=1S/C12H13N3O2/c16-12-11(8-13-9-6-7-9)15(14-17-12)10-4-2-1-3-5-10/h1-5,9,13H,6-8H2. The maximum absolute atomic E-state index is 11.6. The minimum Gasteiger partial charge on any atom is -0.539 e. The second-order valence-corrected chi connectivity index (χ2v) is 4.21. The maximum atomic E-state index is 11.6. The molecule has 88 valence electrons. The van der Waals surface area contributed by atoms with Crippen molar-refractivity contribution in [3.63, 3.8) is 0 Å². The number of para-hydroxylation sites is 1. The summed E-state index contributed by atoms with van der Waals surface area (Å²) >= 11 is 0. The Kier molecular flexibility index (Phi) is 2.53. The average Bonchev–Trinajstić information content (AvgIpc) is 3.12. The lowest BCUT2D eigenvalue weighted by atomic mass is 10.3. The molecular weight excluding hydrogens is 218 g/mol. The van der Waals surface area contributed by atoms with E-state index in [-0.39, 0.29) is 5.95 Å². The van der Waals surface area contributed by atoms with Crippen molar-refractivity contribution in [2.45, 2.75) is 25.4 Å². The predicted octanol–water partition coefficient (Wildman–Crippen LogP) is 0.277. The second-order valence-electron chi connectivity index (χ2n) is 4.21. The number of benzene rings is 1. The Morgan fingerprint density at radius 1 is 1.35 bits per heavy atom. The third-order valence-corrected chi connectivity index (χ3v) is 2.83. The quantitative estimate of drug-likeness (QED) is 0.767. The first-order valence-electron chi connectivity index (χ1n) is 5.71.